The van der Waals surface area contributed by atoms with E-state index in [1.807, 2.05) is 70.4 Å². The molecule has 628 valence electrons. The number of halogens is 1. The smallest absolute Gasteiger partial charge is 0.345 e. The molecule has 0 aliphatic rings. The molecule has 0 bridgehead atoms. The number of aromatic nitrogens is 16. The van der Waals surface area contributed by atoms with Gasteiger partial charge in [0, 0.05) is 53.4 Å². The minimum atomic E-state index is -3.46. The number of aliphatic hydroxyl groups is 3. The molecule has 0 fully saturated rings. The summed E-state index contributed by atoms with van der Waals surface area (Å²) in [4.78, 5) is 49.6. The Morgan fingerprint density at radius 3 is 1.09 bits per heavy atom. The molecule has 9 atom stereocenters. The highest BCUT2D eigenvalue weighted by Gasteiger charge is 2.25. The van der Waals surface area contributed by atoms with Gasteiger partial charge < -0.3 is 24.9 Å². The number of hydrogen-bond acceptors (Lipinski definition) is 19. The fourth-order valence-electron chi connectivity index (χ4n) is 10.0. The summed E-state index contributed by atoms with van der Waals surface area (Å²) in [6.07, 6.45) is 11.6. The minimum Gasteiger partial charge on any atom is -0.459 e. The fourth-order valence-corrected chi connectivity index (χ4v) is 10.7. The Labute approximate surface area is 671 Å². The summed E-state index contributed by atoms with van der Waals surface area (Å²) in [5, 5.41) is 58.2. The molecule has 0 aliphatic heterocycles. The molecule has 0 saturated heterocycles. The summed E-state index contributed by atoms with van der Waals surface area (Å²) >= 11 is 0. The average Bonchev–Trinajstić information content (AvgIpc) is 1.70. The van der Waals surface area contributed by atoms with Crippen LogP contribution in [0.4, 0.5) is 4.39 Å². The Morgan fingerprint density at radius 1 is 0.504 bits per heavy atom. The van der Waals surface area contributed by atoms with Crippen molar-refractivity contribution in [3.05, 3.63) is 243 Å². The van der Waals surface area contributed by atoms with Crippen molar-refractivity contribution in [2.75, 3.05) is 34.5 Å². The number of carbonyl (C=O) groups excluding carboxylic acids is 1. The summed E-state index contributed by atoms with van der Waals surface area (Å²) in [5.41, 5.74) is 8.60. The van der Waals surface area contributed by atoms with Crippen molar-refractivity contribution in [1.29, 1.82) is 0 Å². The molecule has 6 aromatic heterocycles. The van der Waals surface area contributed by atoms with Crippen molar-refractivity contribution in [2.45, 2.75) is 229 Å². The van der Waals surface area contributed by atoms with Gasteiger partial charge in [-0.15, -0.1) is 15.3 Å². The van der Waals surface area contributed by atoms with E-state index < -0.39 is 32.0 Å². The van der Waals surface area contributed by atoms with E-state index in [2.05, 4.69) is 218 Å². The second kappa shape index (κ2) is 56.9. The lowest BCUT2D eigenvalue weighted by atomic mass is 10.0. The minimum absolute atomic E-state index is 0.0474. The summed E-state index contributed by atoms with van der Waals surface area (Å²) in [7, 11) is 7.40. The van der Waals surface area contributed by atoms with E-state index in [1.54, 1.807) is 110 Å². The van der Waals surface area contributed by atoms with Crippen molar-refractivity contribution in [3.63, 3.8) is 0 Å². The SMILES string of the molecule is CC(C)c1ccccc1.CC(C)c1ccccc1.CC(C)c1ccccc1.CC(C)c1ccccc1.CC(C)c1cccnc1.CC(O)c1cn(C)nn1.CC(OP(C)(=O)O)c1cn(C)nn1.CC[C@@H]([C@@H](C)O)n1cc(C)nn1.CC[C@@H]([C@@H](C)O)n1ncn(C)c1=O.CC[C@@H]([C@H](C)OC(=O)CN(C)C)n1ncn(C)c1=O.CF. The number of hydrogen-bond donors (Lipinski definition) is 4. The predicted octanol–water partition coefficient (Wildman–Crippen LogP) is 15.5. The normalized spacial score (nSPS) is 13.2. The van der Waals surface area contributed by atoms with Gasteiger partial charge in [-0.1, -0.05) is 233 Å². The van der Waals surface area contributed by atoms with Crippen molar-refractivity contribution in [2.24, 2.45) is 28.2 Å². The number of esters is 1. The maximum absolute atomic E-state index is 11.9. The van der Waals surface area contributed by atoms with Crippen molar-refractivity contribution >= 4 is 13.6 Å². The van der Waals surface area contributed by atoms with Crippen molar-refractivity contribution < 1.29 is 43.2 Å². The number of aryl methyl sites for hydroxylation is 5. The Morgan fingerprint density at radius 2 is 0.858 bits per heavy atom. The first-order chi connectivity index (χ1) is 53.2. The maximum Gasteiger partial charge on any atom is 0.345 e. The molecule has 29 heteroatoms. The van der Waals surface area contributed by atoms with Crippen LogP contribution in [0.1, 0.15) is 249 Å². The average molecular weight is 1590 g/mol. The van der Waals surface area contributed by atoms with Crippen LogP contribution < -0.4 is 11.4 Å². The Kier molecular flexibility index (Phi) is 52.2. The van der Waals surface area contributed by atoms with Crippen LogP contribution in [-0.2, 0) is 46.8 Å². The molecule has 10 rings (SSSR count). The number of pyridine rings is 1. The zero-order valence-electron chi connectivity index (χ0n) is 72.2. The number of benzene rings is 4. The Balaban J connectivity index is 0.00000124. The number of alkyl halides is 1. The van der Waals surface area contributed by atoms with Crippen LogP contribution in [-0.4, -0.2) is 163 Å². The summed E-state index contributed by atoms with van der Waals surface area (Å²) in [5.74, 6) is 2.92. The number of ether oxygens (including phenoxy) is 1. The molecule has 4 aromatic carbocycles. The quantitative estimate of drug-likeness (QED) is 0.0383. The second-order valence-electron chi connectivity index (χ2n) is 28.7. The van der Waals surface area contributed by atoms with E-state index in [9.17, 15) is 33.6 Å². The largest absolute Gasteiger partial charge is 0.459 e. The molecule has 6 heterocycles. The number of nitrogens with zero attached hydrogens (tertiary/aromatic N) is 17. The monoisotopic (exact) mass is 1590 g/mol. The van der Waals surface area contributed by atoms with Gasteiger partial charge >= 0.3 is 24.9 Å². The zero-order valence-corrected chi connectivity index (χ0v) is 73.1. The van der Waals surface area contributed by atoms with Crippen LogP contribution in [0.15, 0.2) is 187 Å². The summed E-state index contributed by atoms with van der Waals surface area (Å²) < 4.78 is 40.8. The first-order valence-corrected chi connectivity index (χ1v) is 40.4. The van der Waals surface area contributed by atoms with Gasteiger partial charge in [-0.25, -0.2) is 23.6 Å². The van der Waals surface area contributed by atoms with Crippen LogP contribution in [0.2, 0.25) is 0 Å². The third-order valence-corrected chi connectivity index (χ3v) is 17.3. The van der Waals surface area contributed by atoms with Crippen LogP contribution in [0.5, 0.6) is 0 Å². The van der Waals surface area contributed by atoms with Gasteiger partial charge in [-0.3, -0.25) is 46.7 Å². The van der Waals surface area contributed by atoms with Crippen LogP contribution in [0.3, 0.4) is 0 Å². The van der Waals surface area contributed by atoms with Gasteiger partial charge in [-0.2, -0.15) is 10.2 Å². The summed E-state index contributed by atoms with van der Waals surface area (Å²) in [6, 6.07) is 45.7. The highest BCUT2D eigenvalue weighted by atomic mass is 31.2. The topological polar surface area (TPSA) is 321 Å². The van der Waals surface area contributed by atoms with Crippen LogP contribution >= 0.6 is 7.60 Å². The third kappa shape index (κ3) is 43.5. The molecule has 0 spiro atoms. The van der Waals surface area contributed by atoms with Crippen LogP contribution in [0, 0.1) is 6.92 Å². The van der Waals surface area contributed by atoms with E-state index >= 15 is 0 Å². The Hall–Kier alpha value is -9.28. The molecule has 113 heavy (non-hydrogen) atoms. The van der Waals surface area contributed by atoms with Gasteiger partial charge in [0.25, 0.3) is 0 Å². The number of aliphatic hydroxyl groups excluding tert-OH is 3. The highest BCUT2D eigenvalue weighted by Crippen LogP contribution is 2.42. The van der Waals surface area contributed by atoms with Gasteiger partial charge in [0.1, 0.15) is 36.3 Å². The van der Waals surface area contributed by atoms with E-state index in [0.29, 0.717) is 61.0 Å². The van der Waals surface area contributed by atoms with Gasteiger partial charge in [0.05, 0.1) is 68.2 Å². The van der Waals surface area contributed by atoms with Gasteiger partial charge in [-0.05, 0) is 138 Å². The van der Waals surface area contributed by atoms with E-state index in [4.69, 9.17) is 19.3 Å². The van der Waals surface area contributed by atoms with E-state index in [-0.39, 0.29) is 48.1 Å². The number of carbonyl (C=O) groups is 1. The maximum atomic E-state index is 11.9. The van der Waals surface area contributed by atoms with Crippen LogP contribution in [0.25, 0.3) is 0 Å². The lowest BCUT2D eigenvalue weighted by Gasteiger charge is -2.23. The molecule has 3 unspecified atom stereocenters. The van der Waals surface area contributed by atoms with Crippen molar-refractivity contribution in [3.8, 4) is 0 Å². The van der Waals surface area contributed by atoms with E-state index in [0.717, 1.165) is 18.8 Å². The number of rotatable bonds is 21. The van der Waals surface area contributed by atoms with Gasteiger partial charge in [0.15, 0.2) is 0 Å². The molecule has 0 radical (unpaired) electrons. The number of likely N-dealkylation sites (N-methyl/N-ethyl adjacent to an activating group) is 1. The first-order valence-electron chi connectivity index (χ1n) is 38.3. The first kappa shape index (κ1) is 104. The molecule has 0 amide bonds. The lowest BCUT2D eigenvalue weighted by molar-refractivity contribution is -0.151. The van der Waals surface area contributed by atoms with Gasteiger partial charge in [0.2, 0.25) is 0 Å². The lowest BCUT2D eigenvalue weighted by Crippen LogP contribution is -2.36. The third-order valence-electron chi connectivity index (χ3n) is 16.6. The molecule has 0 aliphatic carbocycles. The summed E-state index contributed by atoms with van der Waals surface area (Å²) in [6.45, 7) is 39.6. The zero-order chi connectivity index (χ0) is 86.1. The molecule has 0 saturated carbocycles. The molecular weight excluding hydrogens is 1460 g/mol. The second-order valence-corrected chi connectivity index (χ2v) is 30.5. The van der Waals surface area contributed by atoms with E-state index in [1.165, 1.54) is 63.7 Å². The predicted molar refractivity (Wildman–Crippen MR) is 451 cm³/mol. The highest BCUT2D eigenvalue weighted by molar-refractivity contribution is 7.51. The fraction of sp³-hybridized carbons (Fsp3) is 0.524. The molecule has 27 nitrogen and oxygen atoms in total. The Bertz CT molecular complexity index is 3920. The molecular formula is C84H135FN17O10P. The standard InChI is InChI=1S/C12H22N4O3.4C9H12.C8H15N3O2.C8H15N3O.C8H11N.C6H12N3O3P.C5H9N3O.CH3F/c1-6-10(16-12(18)15(5)8-13-16)9(2)19-11(17)7-14(3)4;4*1-8(2)9-6-4-3-5-7-9;1-4-7(6(2)12)11-8(13)10(3)5-9-11;1-4-8(7(3)12)11-5-6(2)9-10-11;1-7(2)8-4-3-5-9-6-8;1-5(12-13(3,10)11)6-4-9(2)8-7-6;1-4(9)5-3-8(2)7-6-5;1-2/h8-10H,6-7H2,1-5H3;4*3-8H,1-2H3;5-7,12H,4H2,1-3H3;5,7-8,12H,4H2,1-3H3;3-7H,1-2H3;4-5H,1-3H3,(H,10,11);3-4,9H,1-2H3;1H3/t9-,10-;;;;;6-,7+;7-,8+;;;;/m0....11..../s1. The molecule has 10 aromatic rings. The van der Waals surface area contributed by atoms with Crippen molar-refractivity contribution in [1.82, 2.24) is 83.6 Å². The molecule has 4 N–H and O–H groups in total.